The van der Waals surface area contributed by atoms with E-state index in [0.717, 1.165) is 5.69 Å². The summed E-state index contributed by atoms with van der Waals surface area (Å²) < 4.78 is 0. The highest BCUT2D eigenvalue weighted by molar-refractivity contribution is 6.35. The maximum atomic E-state index is 9.51. The summed E-state index contributed by atoms with van der Waals surface area (Å²) in [5, 5.41) is 21.9. The summed E-state index contributed by atoms with van der Waals surface area (Å²) in [6.45, 7) is 0. The molecule has 1 heterocycles. The summed E-state index contributed by atoms with van der Waals surface area (Å²) >= 11 is 12.1. The first-order valence-corrected chi connectivity index (χ1v) is 7.93. The van der Waals surface area contributed by atoms with Crippen molar-refractivity contribution in [1.29, 1.82) is 5.26 Å². The Labute approximate surface area is 149 Å². The van der Waals surface area contributed by atoms with Crippen molar-refractivity contribution in [3.05, 3.63) is 82.0 Å². The molecule has 3 aromatic rings. The van der Waals surface area contributed by atoms with Crippen LogP contribution in [0.5, 0.6) is 0 Å². The lowest BCUT2D eigenvalue weighted by molar-refractivity contribution is 0.888. The highest BCUT2D eigenvalue weighted by Crippen LogP contribution is 2.31. The fourth-order valence-electron chi connectivity index (χ4n) is 2.26. The first-order chi connectivity index (χ1) is 11.7. The van der Waals surface area contributed by atoms with Gasteiger partial charge >= 0.3 is 0 Å². The lowest BCUT2D eigenvalue weighted by Gasteiger charge is -2.11. The average molecular weight is 355 g/mol. The molecule has 0 unspecified atom stereocenters. The minimum Gasteiger partial charge on any atom is -0.339 e. The van der Waals surface area contributed by atoms with Crippen molar-refractivity contribution >= 4 is 34.7 Å². The molecule has 0 bridgehead atoms. The molecule has 0 amide bonds. The van der Waals surface area contributed by atoms with Crippen LogP contribution in [0.15, 0.2) is 60.7 Å². The van der Waals surface area contributed by atoms with Gasteiger partial charge in [0.2, 0.25) is 0 Å². The predicted molar refractivity (Wildman–Crippen MR) is 95.7 cm³/mol. The van der Waals surface area contributed by atoms with Crippen molar-refractivity contribution in [3.8, 4) is 6.07 Å². The Morgan fingerprint density at radius 3 is 2.38 bits per heavy atom. The molecule has 4 nitrogen and oxygen atoms in total. The van der Waals surface area contributed by atoms with E-state index in [1.165, 1.54) is 0 Å². The van der Waals surface area contributed by atoms with Gasteiger partial charge in [-0.2, -0.15) is 10.4 Å². The van der Waals surface area contributed by atoms with Crippen LogP contribution >= 0.6 is 23.2 Å². The number of nitrogens with one attached hydrogen (secondary N) is 1. The van der Waals surface area contributed by atoms with Crippen LogP contribution in [0.4, 0.5) is 11.5 Å². The van der Waals surface area contributed by atoms with Gasteiger partial charge in [-0.15, -0.1) is 5.10 Å². The summed E-state index contributed by atoms with van der Waals surface area (Å²) in [5.74, 6) is -0.00288. The molecule has 0 aliphatic carbocycles. The number of hydrogen-bond donors (Lipinski definition) is 1. The number of para-hydroxylation sites is 1. The number of anilines is 2. The van der Waals surface area contributed by atoms with Crippen LogP contribution < -0.4 is 5.32 Å². The maximum absolute atomic E-state index is 9.51. The van der Waals surface area contributed by atoms with Crippen LogP contribution in [-0.4, -0.2) is 10.2 Å². The van der Waals surface area contributed by atoms with Gasteiger partial charge in [-0.3, -0.25) is 0 Å². The van der Waals surface area contributed by atoms with Crippen molar-refractivity contribution in [1.82, 2.24) is 10.2 Å². The Kier molecular flexibility index (Phi) is 4.95. The molecule has 0 spiro atoms. The van der Waals surface area contributed by atoms with Gasteiger partial charge in [-0.05, 0) is 42.0 Å². The van der Waals surface area contributed by atoms with Crippen LogP contribution in [0.3, 0.4) is 0 Å². The standard InChI is InChI=1S/C18H12Cl2N4/c19-12-6-7-14(16(20)10-12)15(11-21)17-8-9-18(24-23-17)22-13-4-2-1-3-5-13/h1-10,15H,(H,22,24)/t15-/m1/s1. The zero-order valence-corrected chi connectivity index (χ0v) is 14.0. The van der Waals surface area contributed by atoms with E-state index < -0.39 is 5.92 Å². The van der Waals surface area contributed by atoms with E-state index in [9.17, 15) is 5.26 Å². The number of benzene rings is 2. The third kappa shape index (κ3) is 3.65. The summed E-state index contributed by atoms with van der Waals surface area (Å²) in [6, 6.07) is 20.5. The third-order valence-corrected chi connectivity index (χ3v) is 3.99. The lowest BCUT2D eigenvalue weighted by Crippen LogP contribution is -2.04. The molecule has 1 aromatic heterocycles. The zero-order valence-electron chi connectivity index (χ0n) is 12.4. The summed E-state index contributed by atoms with van der Waals surface area (Å²) in [4.78, 5) is 0. The molecule has 0 radical (unpaired) electrons. The van der Waals surface area contributed by atoms with Crippen LogP contribution in [-0.2, 0) is 0 Å². The summed E-state index contributed by atoms with van der Waals surface area (Å²) in [7, 11) is 0. The molecule has 3 rings (SSSR count). The van der Waals surface area contributed by atoms with Crippen molar-refractivity contribution in [2.45, 2.75) is 5.92 Å². The van der Waals surface area contributed by atoms with E-state index in [1.54, 1.807) is 30.3 Å². The Bertz CT molecular complexity index is 874. The number of rotatable bonds is 4. The molecule has 0 fully saturated rings. The second-order valence-corrected chi connectivity index (χ2v) is 5.91. The van der Waals surface area contributed by atoms with Crippen molar-refractivity contribution < 1.29 is 0 Å². The van der Waals surface area contributed by atoms with Gasteiger partial charge in [0.25, 0.3) is 0 Å². The maximum Gasteiger partial charge on any atom is 0.153 e. The van der Waals surface area contributed by atoms with Gasteiger partial charge in [0.05, 0.1) is 11.8 Å². The Hall–Kier alpha value is -2.61. The number of aromatic nitrogens is 2. The Morgan fingerprint density at radius 1 is 0.958 bits per heavy atom. The zero-order chi connectivity index (χ0) is 16.9. The molecule has 0 aliphatic rings. The Balaban J connectivity index is 1.84. The number of nitriles is 1. The van der Waals surface area contributed by atoms with Crippen LogP contribution in [0.25, 0.3) is 0 Å². The van der Waals surface area contributed by atoms with Crippen molar-refractivity contribution in [2.24, 2.45) is 0 Å². The molecular formula is C18H12Cl2N4. The minimum absolute atomic E-state index is 0.433. The molecule has 1 N–H and O–H groups in total. The first-order valence-electron chi connectivity index (χ1n) is 7.17. The van der Waals surface area contributed by atoms with Crippen LogP contribution in [0.1, 0.15) is 17.2 Å². The van der Waals surface area contributed by atoms with Gasteiger partial charge in [-0.25, -0.2) is 0 Å². The van der Waals surface area contributed by atoms with Gasteiger partial charge < -0.3 is 5.32 Å². The second kappa shape index (κ2) is 7.31. The molecule has 0 aliphatic heterocycles. The minimum atomic E-state index is -0.604. The van der Waals surface area contributed by atoms with E-state index in [-0.39, 0.29) is 0 Å². The second-order valence-electron chi connectivity index (χ2n) is 5.06. The number of hydrogen-bond acceptors (Lipinski definition) is 4. The predicted octanol–water partition coefficient (Wildman–Crippen LogP) is 5.18. The van der Waals surface area contributed by atoms with Gasteiger partial charge in [0, 0.05) is 15.7 Å². The van der Waals surface area contributed by atoms with E-state index in [1.807, 2.05) is 30.3 Å². The third-order valence-electron chi connectivity index (χ3n) is 3.43. The average Bonchev–Trinajstić information content (AvgIpc) is 2.60. The van der Waals surface area contributed by atoms with E-state index >= 15 is 0 Å². The smallest absolute Gasteiger partial charge is 0.153 e. The number of nitrogens with zero attached hydrogens (tertiary/aromatic N) is 3. The molecule has 0 saturated heterocycles. The van der Waals surface area contributed by atoms with Gasteiger partial charge in [-0.1, -0.05) is 47.5 Å². The molecule has 6 heteroatoms. The topological polar surface area (TPSA) is 61.6 Å². The van der Waals surface area contributed by atoms with Crippen molar-refractivity contribution in [3.63, 3.8) is 0 Å². The first kappa shape index (κ1) is 16.3. The molecule has 118 valence electrons. The van der Waals surface area contributed by atoms with Crippen LogP contribution in [0, 0.1) is 11.3 Å². The van der Waals surface area contributed by atoms with Gasteiger partial charge in [0.15, 0.2) is 5.82 Å². The lowest BCUT2D eigenvalue weighted by atomic mass is 9.97. The van der Waals surface area contributed by atoms with Crippen molar-refractivity contribution in [2.75, 3.05) is 5.32 Å². The summed E-state index contributed by atoms with van der Waals surface area (Å²) in [6.07, 6.45) is 0. The van der Waals surface area contributed by atoms with Crippen LogP contribution in [0.2, 0.25) is 10.0 Å². The van der Waals surface area contributed by atoms with E-state index in [4.69, 9.17) is 23.2 Å². The Morgan fingerprint density at radius 2 is 1.75 bits per heavy atom. The highest BCUT2D eigenvalue weighted by Gasteiger charge is 2.18. The molecule has 0 saturated carbocycles. The van der Waals surface area contributed by atoms with E-state index in [0.29, 0.717) is 27.1 Å². The fraction of sp³-hybridized carbons (Fsp3) is 0.0556. The quantitative estimate of drug-likeness (QED) is 0.700. The monoisotopic (exact) mass is 354 g/mol. The van der Waals surface area contributed by atoms with Gasteiger partial charge in [0.1, 0.15) is 5.92 Å². The van der Waals surface area contributed by atoms with E-state index in [2.05, 4.69) is 21.6 Å². The summed E-state index contributed by atoms with van der Waals surface area (Å²) in [5.41, 5.74) is 2.10. The molecular weight excluding hydrogens is 343 g/mol. The fourth-order valence-corrected chi connectivity index (χ4v) is 2.78. The molecule has 2 aromatic carbocycles. The highest BCUT2D eigenvalue weighted by atomic mass is 35.5. The SMILES string of the molecule is N#C[C@@H](c1ccc(Nc2ccccc2)nn1)c1ccc(Cl)cc1Cl. The number of halogens is 2. The molecule has 24 heavy (non-hydrogen) atoms. The molecule has 1 atom stereocenters. The largest absolute Gasteiger partial charge is 0.339 e. The normalized spacial score (nSPS) is 11.5.